The van der Waals surface area contributed by atoms with Gasteiger partial charge in [-0.05, 0) is 31.7 Å². The normalized spacial score (nSPS) is 13.8. The summed E-state index contributed by atoms with van der Waals surface area (Å²) in [5.41, 5.74) is 0.0723. The summed E-state index contributed by atoms with van der Waals surface area (Å²) >= 11 is 0. The Labute approximate surface area is 121 Å². The number of para-hydroxylation sites is 1. The standard InChI is InChI=1S/C14H16N2O5/c1-9-3-2-4-11(13(9)16(20)21)14(19)15(8-12(17)18)7-10-5-6-10/h2-4,10H,5-8H2,1H3,(H,17,18). The fourth-order valence-electron chi connectivity index (χ4n) is 2.24. The van der Waals surface area contributed by atoms with Gasteiger partial charge in [-0.25, -0.2) is 0 Å². The Morgan fingerprint density at radius 3 is 2.62 bits per heavy atom. The number of amides is 1. The third-order valence-electron chi connectivity index (χ3n) is 3.44. The molecule has 0 aliphatic heterocycles. The summed E-state index contributed by atoms with van der Waals surface area (Å²) in [6.45, 7) is 1.44. The van der Waals surface area contributed by atoms with Crippen molar-refractivity contribution in [3.8, 4) is 0 Å². The molecular formula is C14H16N2O5. The van der Waals surface area contributed by atoms with Crippen molar-refractivity contribution >= 4 is 17.6 Å². The van der Waals surface area contributed by atoms with E-state index in [1.807, 2.05) is 0 Å². The van der Waals surface area contributed by atoms with Crippen molar-refractivity contribution in [1.29, 1.82) is 0 Å². The molecule has 1 amide bonds. The van der Waals surface area contributed by atoms with E-state index in [2.05, 4.69) is 0 Å². The van der Waals surface area contributed by atoms with Gasteiger partial charge in [0.15, 0.2) is 0 Å². The number of carbonyl (C=O) groups is 2. The van der Waals surface area contributed by atoms with Crippen LogP contribution in [-0.4, -0.2) is 39.9 Å². The van der Waals surface area contributed by atoms with E-state index in [0.717, 1.165) is 12.8 Å². The van der Waals surface area contributed by atoms with Gasteiger partial charge in [0.2, 0.25) is 0 Å². The molecule has 1 aromatic carbocycles. The number of nitro benzene ring substituents is 1. The summed E-state index contributed by atoms with van der Waals surface area (Å²) in [7, 11) is 0. The minimum atomic E-state index is -1.13. The first-order valence-electron chi connectivity index (χ1n) is 6.65. The molecule has 0 aromatic heterocycles. The highest BCUT2D eigenvalue weighted by atomic mass is 16.6. The lowest BCUT2D eigenvalue weighted by Crippen LogP contribution is -2.37. The van der Waals surface area contributed by atoms with Gasteiger partial charge in [0.05, 0.1) is 4.92 Å². The molecule has 0 unspecified atom stereocenters. The number of nitro groups is 1. The van der Waals surface area contributed by atoms with Gasteiger partial charge >= 0.3 is 5.97 Å². The lowest BCUT2D eigenvalue weighted by atomic mass is 10.1. The van der Waals surface area contributed by atoms with E-state index >= 15 is 0 Å². The van der Waals surface area contributed by atoms with Crippen molar-refractivity contribution in [2.75, 3.05) is 13.1 Å². The van der Waals surface area contributed by atoms with Crippen LogP contribution in [0, 0.1) is 23.0 Å². The molecule has 21 heavy (non-hydrogen) atoms. The maximum atomic E-state index is 12.5. The third-order valence-corrected chi connectivity index (χ3v) is 3.44. The Morgan fingerprint density at radius 2 is 2.10 bits per heavy atom. The molecule has 0 radical (unpaired) electrons. The van der Waals surface area contributed by atoms with Gasteiger partial charge in [-0.15, -0.1) is 0 Å². The maximum Gasteiger partial charge on any atom is 0.323 e. The van der Waals surface area contributed by atoms with E-state index in [-0.39, 0.29) is 11.3 Å². The third kappa shape index (κ3) is 3.56. The van der Waals surface area contributed by atoms with Gasteiger partial charge in [0.1, 0.15) is 12.1 Å². The second-order valence-corrected chi connectivity index (χ2v) is 5.25. The van der Waals surface area contributed by atoms with Crippen molar-refractivity contribution in [1.82, 2.24) is 4.90 Å². The summed E-state index contributed by atoms with van der Waals surface area (Å²) in [4.78, 5) is 35.1. The average Bonchev–Trinajstić information content (AvgIpc) is 3.19. The highest BCUT2D eigenvalue weighted by Crippen LogP contribution is 2.31. The Morgan fingerprint density at radius 1 is 1.43 bits per heavy atom. The molecule has 1 aromatic rings. The minimum Gasteiger partial charge on any atom is -0.480 e. The van der Waals surface area contributed by atoms with Crippen molar-refractivity contribution in [2.45, 2.75) is 19.8 Å². The molecule has 1 N–H and O–H groups in total. The first-order valence-corrected chi connectivity index (χ1v) is 6.65. The van der Waals surface area contributed by atoms with Crippen LogP contribution in [0.2, 0.25) is 0 Å². The van der Waals surface area contributed by atoms with E-state index in [1.54, 1.807) is 19.1 Å². The molecule has 0 atom stereocenters. The van der Waals surface area contributed by atoms with E-state index < -0.39 is 23.3 Å². The fraction of sp³-hybridized carbons (Fsp3) is 0.429. The molecule has 1 fully saturated rings. The topological polar surface area (TPSA) is 101 Å². The molecule has 1 aliphatic rings. The van der Waals surface area contributed by atoms with Crippen molar-refractivity contribution < 1.29 is 19.6 Å². The molecule has 1 aliphatic carbocycles. The van der Waals surface area contributed by atoms with Crippen LogP contribution in [-0.2, 0) is 4.79 Å². The van der Waals surface area contributed by atoms with Crippen LogP contribution >= 0.6 is 0 Å². The number of benzene rings is 1. The fourth-order valence-corrected chi connectivity index (χ4v) is 2.24. The molecule has 7 heteroatoms. The lowest BCUT2D eigenvalue weighted by molar-refractivity contribution is -0.385. The Hall–Kier alpha value is -2.44. The van der Waals surface area contributed by atoms with Crippen molar-refractivity contribution in [2.24, 2.45) is 5.92 Å². The number of carboxylic acid groups (broad SMARTS) is 1. The van der Waals surface area contributed by atoms with E-state index in [0.29, 0.717) is 18.0 Å². The van der Waals surface area contributed by atoms with Crippen molar-refractivity contribution in [3.63, 3.8) is 0 Å². The first-order chi connectivity index (χ1) is 9.90. The second-order valence-electron chi connectivity index (χ2n) is 5.25. The van der Waals surface area contributed by atoms with Gasteiger partial charge < -0.3 is 10.0 Å². The lowest BCUT2D eigenvalue weighted by Gasteiger charge is -2.20. The van der Waals surface area contributed by atoms with E-state index in [9.17, 15) is 19.7 Å². The van der Waals surface area contributed by atoms with E-state index in [4.69, 9.17) is 5.11 Å². The van der Waals surface area contributed by atoms with Crippen LogP contribution in [0.3, 0.4) is 0 Å². The quantitative estimate of drug-likeness (QED) is 0.636. The second kappa shape index (κ2) is 5.90. The Balaban J connectivity index is 2.33. The first kappa shape index (κ1) is 15.0. The molecule has 7 nitrogen and oxygen atoms in total. The zero-order chi connectivity index (χ0) is 15.6. The minimum absolute atomic E-state index is 0.0538. The number of aryl methyl sites for hydroxylation is 1. The van der Waals surface area contributed by atoms with Gasteiger partial charge in [0.25, 0.3) is 11.6 Å². The van der Waals surface area contributed by atoms with Crippen LogP contribution in [0.5, 0.6) is 0 Å². The van der Waals surface area contributed by atoms with E-state index in [1.165, 1.54) is 11.0 Å². The van der Waals surface area contributed by atoms with Crippen LogP contribution in [0.25, 0.3) is 0 Å². The number of nitrogens with zero attached hydrogens (tertiary/aromatic N) is 2. The molecule has 0 heterocycles. The van der Waals surface area contributed by atoms with Crippen LogP contribution in [0.4, 0.5) is 5.69 Å². The summed E-state index contributed by atoms with van der Waals surface area (Å²) < 4.78 is 0. The molecule has 112 valence electrons. The average molecular weight is 292 g/mol. The number of carbonyl (C=O) groups excluding carboxylic acids is 1. The molecular weight excluding hydrogens is 276 g/mol. The number of rotatable bonds is 6. The molecule has 0 spiro atoms. The largest absolute Gasteiger partial charge is 0.480 e. The number of carboxylic acids is 1. The summed E-state index contributed by atoms with van der Waals surface area (Å²) in [6.07, 6.45) is 1.92. The smallest absolute Gasteiger partial charge is 0.323 e. The summed E-state index contributed by atoms with van der Waals surface area (Å²) in [5, 5.41) is 20.1. The SMILES string of the molecule is Cc1cccc(C(=O)N(CC(=O)O)CC2CC2)c1[N+](=O)[O-]. The van der Waals surface area contributed by atoms with Gasteiger partial charge in [-0.1, -0.05) is 12.1 Å². The zero-order valence-corrected chi connectivity index (χ0v) is 11.6. The van der Waals surface area contributed by atoms with Crippen LogP contribution in [0.1, 0.15) is 28.8 Å². The number of hydrogen-bond donors (Lipinski definition) is 1. The van der Waals surface area contributed by atoms with Crippen molar-refractivity contribution in [3.05, 3.63) is 39.4 Å². The number of hydrogen-bond acceptors (Lipinski definition) is 4. The molecule has 0 saturated heterocycles. The number of aliphatic carboxylic acids is 1. The van der Waals surface area contributed by atoms with Crippen LogP contribution < -0.4 is 0 Å². The molecule has 2 rings (SSSR count). The predicted octanol–water partition coefficient (Wildman–Crippen LogP) is 1.84. The zero-order valence-electron chi connectivity index (χ0n) is 11.6. The monoisotopic (exact) mass is 292 g/mol. The Bertz CT molecular complexity index is 595. The highest BCUT2D eigenvalue weighted by molar-refractivity contribution is 5.99. The Kier molecular flexibility index (Phi) is 4.21. The van der Waals surface area contributed by atoms with Gasteiger partial charge in [0, 0.05) is 12.1 Å². The van der Waals surface area contributed by atoms with Crippen LogP contribution in [0.15, 0.2) is 18.2 Å². The maximum absolute atomic E-state index is 12.5. The predicted molar refractivity (Wildman–Crippen MR) is 74.1 cm³/mol. The summed E-state index contributed by atoms with van der Waals surface area (Å²) in [6, 6.07) is 4.48. The molecule has 1 saturated carbocycles. The molecule has 0 bridgehead atoms. The van der Waals surface area contributed by atoms with Gasteiger partial charge in [-0.3, -0.25) is 19.7 Å². The highest BCUT2D eigenvalue weighted by Gasteiger charge is 2.31. The van der Waals surface area contributed by atoms with Gasteiger partial charge in [-0.2, -0.15) is 0 Å². The summed E-state index contributed by atoms with van der Waals surface area (Å²) in [5.74, 6) is -1.42.